The Kier molecular flexibility index (Phi) is 2.56. The first-order valence-electron chi connectivity index (χ1n) is 5.80. The molecule has 5 heteroatoms. The van der Waals surface area contributed by atoms with Gasteiger partial charge < -0.3 is 10.3 Å². The highest BCUT2D eigenvalue weighted by Crippen LogP contribution is 2.27. The number of thiazole rings is 1. The van der Waals surface area contributed by atoms with Gasteiger partial charge in [-0.3, -0.25) is 0 Å². The second-order valence-corrected chi connectivity index (χ2v) is 5.25. The van der Waals surface area contributed by atoms with Gasteiger partial charge in [-0.05, 0) is 32.0 Å². The van der Waals surface area contributed by atoms with Crippen molar-refractivity contribution in [3.05, 3.63) is 40.6 Å². The van der Waals surface area contributed by atoms with Gasteiger partial charge in [0.1, 0.15) is 10.8 Å². The number of hydrogen-bond donors (Lipinski definition) is 1. The molecule has 2 heterocycles. The normalized spacial score (nSPS) is 13.0. The molecule has 0 aliphatic rings. The first kappa shape index (κ1) is 11.2. The zero-order chi connectivity index (χ0) is 12.7. The minimum Gasteiger partial charge on any atom is -0.399 e. The maximum Gasteiger partial charge on any atom is 0.115 e. The maximum atomic E-state index is 5.79. The van der Waals surface area contributed by atoms with Crippen molar-refractivity contribution in [3.8, 4) is 0 Å². The molecule has 2 N–H and O–H groups in total. The Bertz CT molecular complexity index is 684. The van der Waals surface area contributed by atoms with Crippen LogP contribution in [0.5, 0.6) is 0 Å². The molecule has 1 aromatic carbocycles. The number of fused-ring (bicyclic) bond motifs is 1. The van der Waals surface area contributed by atoms with Crippen molar-refractivity contribution in [2.75, 3.05) is 5.73 Å². The van der Waals surface area contributed by atoms with E-state index in [2.05, 4.69) is 21.5 Å². The summed E-state index contributed by atoms with van der Waals surface area (Å²) in [6.07, 6.45) is 1.84. The van der Waals surface area contributed by atoms with Crippen LogP contribution >= 0.6 is 11.3 Å². The molecule has 0 fully saturated rings. The van der Waals surface area contributed by atoms with Crippen LogP contribution in [0.2, 0.25) is 0 Å². The van der Waals surface area contributed by atoms with Gasteiger partial charge in [0.2, 0.25) is 0 Å². The fourth-order valence-electron chi connectivity index (χ4n) is 2.28. The van der Waals surface area contributed by atoms with Crippen LogP contribution in [0.1, 0.15) is 23.8 Å². The van der Waals surface area contributed by atoms with Gasteiger partial charge in [-0.1, -0.05) is 0 Å². The summed E-state index contributed by atoms with van der Waals surface area (Å²) in [5.74, 6) is 0.985. The van der Waals surface area contributed by atoms with Gasteiger partial charge in [0, 0.05) is 17.3 Å². The highest BCUT2D eigenvalue weighted by molar-refractivity contribution is 7.09. The quantitative estimate of drug-likeness (QED) is 0.719. The van der Waals surface area contributed by atoms with Crippen molar-refractivity contribution in [1.82, 2.24) is 14.5 Å². The summed E-state index contributed by atoms with van der Waals surface area (Å²) < 4.78 is 2.20. The van der Waals surface area contributed by atoms with E-state index in [1.165, 1.54) is 0 Å². The number of aryl methyl sites for hydroxylation is 1. The van der Waals surface area contributed by atoms with Crippen molar-refractivity contribution in [3.63, 3.8) is 0 Å². The molecule has 0 aliphatic carbocycles. The Morgan fingerprint density at radius 3 is 2.94 bits per heavy atom. The van der Waals surface area contributed by atoms with E-state index in [0.717, 1.165) is 27.6 Å². The summed E-state index contributed by atoms with van der Waals surface area (Å²) in [4.78, 5) is 8.95. The van der Waals surface area contributed by atoms with Crippen molar-refractivity contribution in [1.29, 1.82) is 0 Å². The minimum atomic E-state index is 0.193. The second-order valence-electron chi connectivity index (χ2n) is 4.32. The molecular weight excluding hydrogens is 244 g/mol. The standard InChI is InChI=1S/C13H14N4S/c1-8(13-15-5-6-18-13)17-9(2)16-11-7-10(14)3-4-12(11)17/h3-8H,14H2,1-2H3. The number of nitrogens with two attached hydrogens (primary N) is 1. The van der Waals surface area contributed by atoms with Gasteiger partial charge in [0.15, 0.2) is 0 Å². The van der Waals surface area contributed by atoms with Crippen molar-refractivity contribution < 1.29 is 0 Å². The van der Waals surface area contributed by atoms with Crippen LogP contribution in [0.4, 0.5) is 5.69 Å². The van der Waals surface area contributed by atoms with Crippen LogP contribution in [0.25, 0.3) is 11.0 Å². The number of hydrogen-bond acceptors (Lipinski definition) is 4. The Morgan fingerprint density at radius 2 is 2.22 bits per heavy atom. The number of benzene rings is 1. The zero-order valence-corrected chi connectivity index (χ0v) is 11.1. The van der Waals surface area contributed by atoms with Crippen molar-refractivity contribution >= 4 is 28.1 Å². The van der Waals surface area contributed by atoms with E-state index < -0.39 is 0 Å². The van der Waals surface area contributed by atoms with Crippen LogP contribution in [0.3, 0.4) is 0 Å². The molecule has 0 saturated heterocycles. The van der Waals surface area contributed by atoms with Crippen LogP contribution in [-0.4, -0.2) is 14.5 Å². The molecule has 3 rings (SSSR count). The summed E-state index contributed by atoms with van der Waals surface area (Å²) in [6.45, 7) is 4.16. The molecule has 0 aliphatic heterocycles. The van der Waals surface area contributed by atoms with Gasteiger partial charge in [0.05, 0.1) is 17.1 Å². The Morgan fingerprint density at radius 1 is 1.39 bits per heavy atom. The summed E-state index contributed by atoms with van der Waals surface area (Å²) in [5.41, 5.74) is 8.58. The maximum absolute atomic E-state index is 5.79. The molecule has 1 unspecified atom stereocenters. The highest BCUT2D eigenvalue weighted by atomic mass is 32.1. The average molecular weight is 258 g/mol. The summed E-state index contributed by atoms with van der Waals surface area (Å²) >= 11 is 1.67. The van der Waals surface area contributed by atoms with Crippen LogP contribution in [0, 0.1) is 6.92 Å². The van der Waals surface area contributed by atoms with E-state index in [0.29, 0.717) is 0 Å². The molecule has 0 bridgehead atoms. The van der Waals surface area contributed by atoms with Crippen LogP contribution in [-0.2, 0) is 0 Å². The van der Waals surface area contributed by atoms with E-state index in [1.807, 2.05) is 36.7 Å². The van der Waals surface area contributed by atoms with Crippen molar-refractivity contribution in [2.45, 2.75) is 19.9 Å². The Labute approximate surface area is 109 Å². The second kappa shape index (κ2) is 4.10. The molecule has 2 aromatic heterocycles. The molecule has 0 saturated carbocycles. The van der Waals surface area contributed by atoms with E-state index in [9.17, 15) is 0 Å². The lowest BCUT2D eigenvalue weighted by Crippen LogP contribution is -2.08. The molecule has 18 heavy (non-hydrogen) atoms. The molecule has 3 aromatic rings. The lowest BCUT2D eigenvalue weighted by Gasteiger charge is -2.13. The zero-order valence-electron chi connectivity index (χ0n) is 10.3. The molecule has 1 atom stereocenters. The minimum absolute atomic E-state index is 0.193. The van der Waals surface area contributed by atoms with Crippen molar-refractivity contribution in [2.24, 2.45) is 0 Å². The molecule has 0 spiro atoms. The number of nitrogens with zero attached hydrogens (tertiary/aromatic N) is 3. The predicted octanol–water partition coefficient (Wildman–Crippen LogP) is 2.99. The third kappa shape index (κ3) is 1.67. The lowest BCUT2D eigenvalue weighted by molar-refractivity contribution is 0.633. The molecule has 0 radical (unpaired) electrons. The topological polar surface area (TPSA) is 56.7 Å². The van der Waals surface area contributed by atoms with Crippen LogP contribution < -0.4 is 5.73 Å². The Balaban J connectivity index is 2.19. The van der Waals surface area contributed by atoms with Gasteiger partial charge in [-0.25, -0.2) is 9.97 Å². The van der Waals surface area contributed by atoms with E-state index in [4.69, 9.17) is 5.73 Å². The SMILES string of the molecule is Cc1nc2cc(N)ccc2n1C(C)c1nccs1. The number of anilines is 1. The van der Waals surface area contributed by atoms with Crippen LogP contribution in [0.15, 0.2) is 29.8 Å². The lowest BCUT2D eigenvalue weighted by atomic mass is 10.2. The molecule has 0 amide bonds. The monoisotopic (exact) mass is 258 g/mol. The number of rotatable bonds is 2. The fraction of sp³-hybridized carbons (Fsp3) is 0.231. The number of nitrogen functional groups attached to an aromatic ring is 1. The van der Waals surface area contributed by atoms with Gasteiger partial charge >= 0.3 is 0 Å². The summed E-state index contributed by atoms with van der Waals surface area (Å²) in [5, 5.41) is 3.09. The largest absolute Gasteiger partial charge is 0.399 e. The van der Waals surface area contributed by atoms with Gasteiger partial charge in [-0.15, -0.1) is 11.3 Å². The van der Waals surface area contributed by atoms with E-state index in [1.54, 1.807) is 11.3 Å². The molecule has 92 valence electrons. The number of aromatic nitrogens is 3. The molecular formula is C13H14N4S. The van der Waals surface area contributed by atoms with E-state index in [-0.39, 0.29) is 6.04 Å². The Hall–Kier alpha value is -1.88. The van der Waals surface area contributed by atoms with Gasteiger partial charge in [-0.2, -0.15) is 0 Å². The van der Waals surface area contributed by atoms with E-state index >= 15 is 0 Å². The average Bonchev–Trinajstić information content (AvgIpc) is 2.94. The predicted molar refractivity (Wildman–Crippen MR) is 74.8 cm³/mol. The summed E-state index contributed by atoms with van der Waals surface area (Å²) in [7, 11) is 0. The van der Waals surface area contributed by atoms with Gasteiger partial charge in [0.25, 0.3) is 0 Å². The first-order chi connectivity index (χ1) is 8.66. The molecule has 4 nitrogen and oxygen atoms in total. The smallest absolute Gasteiger partial charge is 0.115 e. The third-order valence-corrected chi connectivity index (χ3v) is 4.03. The fourth-order valence-corrected chi connectivity index (χ4v) is 2.96. The summed E-state index contributed by atoms with van der Waals surface area (Å²) in [6, 6.07) is 6.04. The number of imidazole rings is 1. The highest BCUT2D eigenvalue weighted by Gasteiger charge is 2.16. The third-order valence-electron chi connectivity index (χ3n) is 3.09. The first-order valence-corrected chi connectivity index (χ1v) is 6.68.